The minimum atomic E-state index is -4.68. The molecule has 1 aromatic carbocycles. The molecule has 1 aliphatic rings. The van der Waals surface area contributed by atoms with Gasteiger partial charge in [0.15, 0.2) is 5.60 Å². The summed E-state index contributed by atoms with van der Waals surface area (Å²) in [5.41, 5.74) is -1.11. The Kier molecular flexibility index (Phi) is 11.4. The van der Waals surface area contributed by atoms with Crippen LogP contribution in [0.15, 0.2) is 18.2 Å². The third-order valence-corrected chi connectivity index (χ3v) is 11.0. The number of aromatic nitrogens is 2. The molecule has 1 aliphatic heterocycles. The lowest BCUT2D eigenvalue weighted by Gasteiger charge is -2.31. The first kappa shape index (κ1) is 38.2. The van der Waals surface area contributed by atoms with Gasteiger partial charge in [0.1, 0.15) is 24.6 Å². The van der Waals surface area contributed by atoms with E-state index in [2.05, 4.69) is 29.3 Å². The summed E-state index contributed by atoms with van der Waals surface area (Å²) in [6.45, 7) is 14.3. The smallest absolute Gasteiger partial charge is 0.364 e. The highest BCUT2D eigenvalue weighted by atomic mass is 32.2. The zero-order valence-corrected chi connectivity index (χ0v) is 29.5. The number of benzene rings is 1. The molecule has 0 bridgehead atoms. The van der Waals surface area contributed by atoms with Crippen molar-refractivity contribution in [3.8, 4) is 0 Å². The number of rotatable bonds is 13. The number of nitrogens with zero attached hydrogens (tertiary/aromatic N) is 3. The number of carbonyl (C=O) groups is 1. The number of imidazole rings is 1. The van der Waals surface area contributed by atoms with Gasteiger partial charge in [0.05, 0.1) is 46.0 Å². The summed E-state index contributed by atoms with van der Waals surface area (Å²) in [7, 11) is -3.22. The number of amides is 2. The molecule has 2 amide bonds. The number of carbonyl (C=O) groups excluding carboxylic acids is 1. The molecule has 0 aliphatic carbocycles. The molecule has 2 heterocycles. The van der Waals surface area contributed by atoms with Crippen molar-refractivity contribution in [3.63, 3.8) is 0 Å². The number of hydrogen-bond acceptors (Lipinski definition) is 5. The van der Waals surface area contributed by atoms with Crippen LogP contribution in [0.5, 0.6) is 0 Å². The average Bonchev–Trinajstić information content (AvgIpc) is 3.47. The van der Waals surface area contributed by atoms with E-state index >= 15 is 0 Å². The van der Waals surface area contributed by atoms with Gasteiger partial charge in [0.25, 0.3) is 0 Å². The summed E-state index contributed by atoms with van der Waals surface area (Å²) in [5.74, 6) is 0.208. The van der Waals surface area contributed by atoms with Crippen LogP contribution in [0.25, 0.3) is 11.0 Å². The average molecular weight is 702 g/mol. The maximum atomic E-state index is 13.7. The number of urea groups is 1. The topological polar surface area (TPSA) is 97.7 Å². The number of halogens is 6. The van der Waals surface area contributed by atoms with Gasteiger partial charge >= 0.3 is 18.4 Å². The largest absolute Gasteiger partial charge is 0.416 e. The van der Waals surface area contributed by atoms with Crippen molar-refractivity contribution in [1.82, 2.24) is 24.5 Å². The van der Waals surface area contributed by atoms with Crippen molar-refractivity contribution in [3.05, 3.63) is 29.6 Å². The van der Waals surface area contributed by atoms with Crippen LogP contribution in [0.4, 0.5) is 31.1 Å². The van der Waals surface area contributed by atoms with Gasteiger partial charge in [-0.3, -0.25) is 0 Å². The molecule has 1 saturated heterocycles. The molecule has 1 aromatic heterocycles. The van der Waals surface area contributed by atoms with Gasteiger partial charge in [0, 0.05) is 14.7 Å². The normalized spacial score (nSPS) is 19.1. The van der Waals surface area contributed by atoms with Gasteiger partial charge in [-0.2, -0.15) is 26.3 Å². The predicted octanol–water partition coefficient (Wildman–Crippen LogP) is 6.82. The number of ether oxygens (including phenoxy) is 2. The van der Waals surface area contributed by atoms with Crippen LogP contribution in [0.3, 0.4) is 0 Å². The maximum absolute atomic E-state index is 13.7. The molecule has 4 atom stereocenters. The number of fused-ring (bicyclic) bond motifs is 1. The molecule has 46 heavy (non-hydrogen) atoms. The fourth-order valence-electron chi connectivity index (χ4n) is 4.45. The number of nitrogens with one attached hydrogen (secondary N) is 2. The van der Waals surface area contributed by atoms with Crippen molar-refractivity contribution in [1.29, 1.82) is 0 Å². The Hall–Kier alpha value is -2.21. The van der Waals surface area contributed by atoms with Crippen LogP contribution in [0.1, 0.15) is 65.0 Å². The van der Waals surface area contributed by atoms with Crippen LogP contribution < -0.4 is 10.0 Å². The first-order chi connectivity index (χ1) is 20.8. The van der Waals surface area contributed by atoms with E-state index in [9.17, 15) is 35.3 Å². The van der Waals surface area contributed by atoms with Crippen LogP contribution in [0.2, 0.25) is 25.7 Å². The molecule has 262 valence electrons. The third-order valence-electron chi connectivity index (χ3n) is 7.71. The van der Waals surface area contributed by atoms with Gasteiger partial charge in [-0.25, -0.2) is 18.7 Å². The predicted molar refractivity (Wildman–Crippen MR) is 167 cm³/mol. The molecule has 1 fully saturated rings. The molecular formula is C29H45F6N5O4SSi. The second kappa shape index (κ2) is 13.7. The zero-order chi connectivity index (χ0) is 35.0. The maximum Gasteiger partial charge on any atom is 0.416 e. The first-order valence-corrected chi connectivity index (χ1v) is 19.8. The van der Waals surface area contributed by atoms with E-state index in [4.69, 9.17) is 9.47 Å². The van der Waals surface area contributed by atoms with Gasteiger partial charge in [-0.05, 0) is 65.3 Å². The standard InChI is InChI=1S/C29H45F6N5O4SSi/c1-18(39-15-23(28(30,31)32)37-25(39)41)19-10-11-20-22(14-19)40(17-43-12-13-46(7,8)9)24(36-20)21(38-45(42)26(2,3)4)16-44-27(5,6)29(33,34)35/h10-11,14,18,21,23,38H,12-13,15-17H2,1-9H3,(H,37,41)/t18-,21+,23+,45-/m1/s1. The summed E-state index contributed by atoms with van der Waals surface area (Å²) in [6.07, 6.45) is -9.29. The SMILES string of the molecule is C[C@H](c1ccc2nc([C@H](COC(C)(C)C(F)(F)F)N[S@](=O)C(C)(C)C)n(COCC[Si](C)(C)C)c2c1)N1C[C@@H](C(F)(F)F)NC1=O. The summed E-state index contributed by atoms with van der Waals surface area (Å²) in [5, 5.41) is 1.97. The van der Waals surface area contributed by atoms with Crippen molar-refractivity contribution < 1.29 is 44.8 Å². The Morgan fingerprint density at radius 3 is 2.26 bits per heavy atom. The molecule has 17 heteroatoms. The Morgan fingerprint density at radius 1 is 1.11 bits per heavy atom. The van der Waals surface area contributed by atoms with Crippen molar-refractivity contribution >= 4 is 36.1 Å². The second-order valence-corrected chi connectivity index (χ2v) is 21.9. The molecule has 2 aromatic rings. The quantitative estimate of drug-likeness (QED) is 0.136. The van der Waals surface area contributed by atoms with Crippen LogP contribution in [-0.4, -0.2) is 81.3 Å². The highest BCUT2D eigenvalue weighted by molar-refractivity contribution is 7.84. The minimum Gasteiger partial charge on any atom is -0.364 e. The highest BCUT2D eigenvalue weighted by Crippen LogP contribution is 2.35. The van der Waals surface area contributed by atoms with E-state index in [0.717, 1.165) is 24.8 Å². The molecular weight excluding hydrogens is 656 g/mol. The van der Waals surface area contributed by atoms with Crippen molar-refractivity contribution in [2.45, 2.75) is 115 Å². The molecule has 0 spiro atoms. The van der Waals surface area contributed by atoms with Crippen LogP contribution in [0, 0.1) is 0 Å². The lowest BCUT2D eigenvalue weighted by Crippen LogP contribution is -2.45. The first-order valence-electron chi connectivity index (χ1n) is 14.9. The van der Waals surface area contributed by atoms with E-state index in [1.165, 1.54) is 0 Å². The number of alkyl halides is 6. The van der Waals surface area contributed by atoms with Crippen molar-refractivity contribution in [2.75, 3.05) is 19.8 Å². The summed E-state index contributed by atoms with van der Waals surface area (Å²) in [6, 6.07) is 1.08. The van der Waals surface area contributed by atoms with Gasteiger partial charge in [0.2, 0.25) is 0 Å². The lowest BCUT2D eigenvalue weighted by molar-refractivity contribution is -0.265. The van der Waals surface area contributed by atoms with E-state index < -0.39 is 79.1 Å². The second-order valence-electron chi connectivity index (χ2n) is 14.2. The fourth-order valence-corrected chi connectivity index (χ4v) is 5.99. The molecule has 0 unspecified atom stereocenters. The molecule has 3 rings (SSSR count). The highest BCUT2D eigenvalue weighted by Gasteiger charge is 2.49. The summed E-state index contributed by atoms with van der Waals surface area (Å²) in [4.78, 5) is 18.3. The van der Waals surface area contributed by atoms with Crippen LogP contribution in [-0.2, 0) is 27.2 Å². The van der Waals surface area contributed by atoms with E-state index in [-0.39, 0.29) is 12.6 Å². The monoisotopic (exact) mass is 701 g/mol. The zero-order valence-electron chi connectivity index (χ0n) is 27.7. The van der Waals surface area contributed by atoms with Gasteiger partial charge in [-0.1, -0.05) is 25.7 Å². The Morgan fingerprint density at radius 2 is 1.74 bits per heavy atom. The van der Waals surface area contributed by atoms with Crippen LogP contribution >= 0.6 is 0 Å². The van der Waals surface area contributed by atoms with E-state index in [0.29, 0.717) is 23.2 Å². The summed E-state index contributed by atoms with van der Waals surface area (Å²) < 4.78 is 110. The molecule has 0 saturated carbocycles. The third kappa shape index (κ3) is 9.45. The Balaban J connectivity index is 2.08. The molecule has 0 radical (unpaired) electrons. The Labute approximate surface area is 269 Å². The van der Waals surface area contributed by atoms with Gasteiger partial charge < -0.3 is 24.3 Å². The van der Waals surface area contributed by atoms with E-state index in [1.54, 1.807) is 50.5 Å². The summed E-state index contributed by atoms with van der Waals surface area (Å²) >= 11 is 0. The molecule has 9 nitrogen and oxygen atoms in total. The van der Waals surface area contributed by atoms with Gasteiger partial charge in [-0.15, -0.1) is 0 Å². The van der Waals surface area contributed by atoms with E-state index in [1.807, 2.05) is 5.32 Å². The fraction of sp³-hybridized carbons (Fsp3) is 0.724. The lowest BCUT2D eigenvalue weighted by atomic mass is 10.1. The number of hydrogen-bond donors (Lipinski definition) is 2. The minimum absolute atomic E-state index is 0.0580. The molecule has 2 N–H and O–H groups in total. The Bertz CT molecular complexity index is 1400. The van der Waals surface area contributed by atoms with Crippen molar-refractivity contribution in [2.24, 2.45) is 0 Å².